The molecule has 0 aliphatic carbocycles. The Morgan fingerprint density at radius 3 is 1.75 bits per heavy atom. The first-order valence-electron chi connectivity index (χ1n) is 9.91. The van der Waals surface area contributed by atoms with Gasteiger partial charge in [-0.2, -0.15) is 0 Å². The SMILES string of the molecule is COc1ccccc1C1(O)C[C@@H](c2ccccc2)[NH+](C)[C@H](c2ccccc2)C1. The summed E-state index contributed by atoms with van der Waals surface area (Å²) in [5, 5.41) is 11.9. The predicted molar refractivity (Wildman–Crippen MR) is 111 cm³/mol. The lowest BCUT2D eigenvalue weighted by atomic mass is 9.74. The molecule has 0 aromatic heterocycles. The Hall–Kier alpha value is -2.62. The maximum Gasteiger partial charge on any atom is 0.124 e. The summed E-state index contributed by atoms with van der Waals surface area (Å²) in [6.45, 7) is 0. The summed E-state index contributed by atoms with van der Waals surface area (Å²) in [4.78, 5) is 1.41. The number of benzene rings is 3. The zero-order valence-electron chi connectivity index (χ0n) is 16.5. The second-order valence-corrected chi connectivity index (χ2v) is 7.81. The topological polar surface area (TPSA) is 33.9 Å². The minimum atomic E-state index is -0.951. The van der Waals surface area contributed by atoms with Crippen molar-refractivity contribution in [2.75, 3.05) is 14.2 Å². The van der Waals surface area contributed by atoms with Crippen LogP contribution in [0, 0.1) is 0 Å². The fourth-order valence-electron chi connectivity index (χ4n) is 4.70. The van der Waals surface area contributed by atoms with Gasteiger partial charge in [0, 0.05) is 29.5 Å². The van der Waals surface area contributed by atoms with Crippen molar-refractivity contribution < 1.29 is 14.7 Å². The first-order valence-corrected chi connectivity index (χ1v) is 9.91. The Bertz CT molecular complexity index is 861. The molecular weight excluding hydrogens is 346 g/mol. The number of methoxy groups -OCH3 is 1. The van der Waals surface area contributed by atoms with Crippen LogP contribution in [0.1, 0.15) is 41.6 Å². The Labute approximate surface area is 167 Å². The molecule has 1 saturated heterocycles. The molecule has 1 aliphatic heterocycles. The molecule has 2 N–H and O–H groups in total. The van der Waals surface area contributed by atoms with E-state index in [1.54, 1.807) is 7.11 Å². The van der Waals surface area contributed by atoms with Crippen LogP contribution in [0.15, 0.2) is 84.9 Å². The zero-order chi connectivity index (χ0) is 19.6. The van der Waals surface area contributed by atoms with Gasteiger partial charge in [0.05, 0.1) is 14.2 Å². The van der Waals surface area contributed by atoms with Gasteiger partial charge in [-0.15, -0.1) is 0 Å². The maximum absolute atomic E-state index is 11.9. The first-order chi connectivity index (χ1) is 13.6. The van der Waals surface area contributed by atoms with E-state index in [0.29, 0.717) is 12.8 Å². The summed E-state index contributed by atoms with van der Waals surface area (Å²) in [6, 6.07) is 29.4. The number of aliphatic hydroxyl groups is 1. The van der Waals surface area contributed by atoms with Gasteiger partial charge in [-0.25, -0.2) is 0 Å². The lowest BCUT2D eigenvalue weighted by molar-refractivity contribution is -0.952. The van der Waals surface area contributed by atoms with Crippen molar-refractivity contribution in [3.63, 3.8) is 0 Å². The highest BCUT2D eigenvalue weighted by molar-refractivity contribution is 5.39. The van der Waals surface area contributed by atoms with E-state index >= 15 is 0 Å². The molecule has 1 aliphatic rings. The van der Waals surface area contributed by atoms with Gasteiger partial charge in [0.15, 0.2) is 0 Å². The summed E-state index contributed by atoms with van der Waals surface area (Å²) < 4.78 is 5.61. The highest BCUT2D eigenvalue weighted by atomic mass is 16.5. The number of nitrogens with one attached hydrogen (secondary N) is 1. The van der Waals surface area contributed by atoms with E-state index in [4.69, 9.17) is 4.74 Å². The minimum Gasteiger partial charge on any atom is -0.496 e. The highest BCUT2D eigenvalue weighted by Gasteiger charge is 2.48. The summed E-state index contributed by atoms with van der Waals surface area (Å²) >= 11 is 0. The van der Waals surface area contributed by atoms with Crippen LogP contribution >= 0.6 is 0 Å². The first kappa shape index (κ1) is 18.7. The van der Waals surface area contributed by atoms with Crippen molar-refractivity contribution in [1.82, 2.24) is 0 Å². The maximum atomic E-state index is 11.9. The normalized spacial score (nSPS) is 27.3. The van der Waals surface area contributed by atoms with Crippen molar-refractivity contribution in [1.29, 1.82) is 0 Å². The average Bonchev–Trinajstić information content (AvgIpc) is 2.76. The molecule has 3 aromatic carbocycles. The van der Waals surface area contributed by atoms with Gasteiger partial charge >= 0.3 is 0 Å². The van der Waals surface area contributed by atoms with E-state index in [0.717, 1.165) is 11.3 Å². The van der Waals surface area contributed by atoms with Crippen LogP contribution in [0.25, 0.3) is 0 Å². The number of hydrogen-bond donors (Lipinski definition) is 2. The quantitative estimate of drug-likeness (QED) is 0.731. The fourth-order valence-corrected chi connectivity index (χ4v) is 4.70. The molecule has 0 bridgehead atoms. The van der Waals surface area contributed by atoms with E-state index in [9.17, 15) is 5.11 Å². The Morgan fingerprint density at radius 1 is 0.786 bits per heavy atom. The number of rotatable bonds is 4. The third-order valence-electron chi connectivity index (χ3n) is 6.20. The molecule has 1 fully saturated rings. The Balaban J connectivity index is 1.81. The number of ether oxygens (including phenoxy) is 1. The molecule has 0 amide bonds. The molecule has 3 nitrogen and oxygen atoms in total. The Morgan fingerprint density at radius 2 is 1.25 bits per heavy atom. The van der Waals surface area contributed by atoms with E-state index < -0.39 is 5.60 Å². The van der Waals surface area contributed by atoms with Crippen LogP contribution in [0.4, 0.5) is 0 Å². The number of likely N-dealkylation sites (tertiary alicyclic amines) is 1. The standard InChI is InChI=1S/C25H27NO2/c1-26-22(19-11-5-3-6-12-19)17-25(27,21-15-9-10-16-24(21)28-2)18-23(26)20-13-7-4-8-14-20/h3-16,22-23,27H,17-18H2,1-2H3/p+1/t22-,23-/m0/s1. The van der Waals surface area contributed by atoms with Crippen molar-refractivity contribution >= 4 is 0 Å². The van der Waals surface area contributed by atoms with Crippen LogP contribution in [0.3, 0.4) is 0 Å². The van der Waals surface area contributed by atoms with E-state index in [1.807, 2.05) is 36.4 Å². The molecule has 0 radical (unpaired) electrons. The van der Waals surface area contributed by atoms with Crippen LogP contribution in [-0.2, 0) is 5.60 Å². The van der Waals surface area contributed by atoms with E-state index in [2.05, 4.69) is 55.6 Å². The molecule has 0 spiro atoms. The monoisotopic (exact) mass is 374 g/mol. The molecule has 0 saturated carbocycles. The van der Waals surface area contributed by atoms with Gasteiger partial charge < -0.3 is 14.7 Å². The summed E-state index contributed by atoms with van der Waals surface area (Å²) in [7, 11) is 3.92. The predicted octanol–water partition coefficient (Wildman–Crippen LogP) is 3.67. The van der Waals surface area contributed by atoms with Gasteiger partial charge in [-0.05, 0) is 6.07 Å². The van der Waals surface area contributed by atoms with Gasteiger partial charge in [0.2, 0.25) is 0 Å². The molecule has 0 unspecified atom stereocenters. The summed E-state index contributed by atoms with van der Waals surface area (Å²) in [5.41, 5.74) is 2.45. The third kappa shape index (κ3) is 3.44. The highest BCUT2D eigenvalue weighted by Crippen LogP contribution is 2.44. The molecule has 2 atom stereocenters. The Kier molecular flexibility index (Phi) is 5.21. The largest absolute Gasteiger partial charge is 0.496 e. The summed E-state index contributed by atoms with van der Waals surface area (Å²) in [6.07, 6.45) is 1.32. The van der Waals surface area contributed by atoms with E-state index in [-0.39, 0.29) is 12.1 Å². The van der Waals surface area contributed by atoms with E-state index in [1.165, 1.54) is 16.0 Å². The van der Waals surface area contributed by atoms with Crippen LogP contribution in [-0.4, -0.2) is 19.3 Å². The van der Waals surface area contributed by atoms with Crippen LogP contribution in [0.2, 0.25) is 0 Å². The number of para-hydroxylation sites is 1. The smallest absolute Gasteiger partial charge is 0.124 e. The molecule has 4 rings (SSSR count). The van der Waals surface area contributed by atoms with Crippen molar-refractivity contribution in [2.24, 2.45) is 0 Å². The van der Waals surface area contributed by atoms with Crippen molar-refractivity contribution in [3.05, 3.63) is 102 Å². The molecule has 3 aromatic rings. The number of quaternary nitrogens is 1. The van der Waals surface area contributed by atoms with Crippen LogP contribution in [0.5, 0.6) is 5.75 Å². The van der Waals surface area contributed by atoms with Gasteiger partial charge in [-0.1, -0.05) is 78.9 Å². The number of hydrogen-bond acceptors (Lipinski definition) is 2. The summed E-state index contributed by atoms with van der Waals surface area (Å²) in [5.74, 6) is 0.753. The zero-order valence-corrected chi connectivity index (χ0v) is 16.5. The van der Waals surface area contributed by atoms with Crippen molar-refractivity contribution in [3.8, 4) is 5.75 Å². The molecule has 144 valence electrons. The molecule has 28 heavy (non-hydrogen) atoms. The lowest BCUT2D eigenvalue weighted by Crippen LogP contribution is -3.11. The number of piperidine rings is 1. The second-order valence-electron chi connectivity index (χ2n) is 7.81. The van der Waals surface area contributed by atoms with Crippen LogP contribution < -0.4 is 9.64 Å². The third-order valence-corrected chi connectivity index (χ3v) is 6.20. The lowest BCUT2D eigenvalue weighted by Gasteiger charge is -2.45. The molecular formula is C25H28NO2+. The average molecular weight is 375 g/mol. The second kappa shape index (κ2) is 7.78. The van der Waals surface area contributed by atoms with Gasteiger partial charge in [0.25, 0.3) is 0 Å². The van der Waals surface area contributed by atoms with Gasteiger partial charge in [0.1, 0.15) is 23.4 Å². The molecule has 3 heteroatoms. The van der Waals surface area contributed by atoms with Gasteiger partial charge in [-0.3, -0.25) is 0 Å². The molecule has 1 heterocycles. The van der Waals surface area contributed by atoms with Crippen molar-refractivity contribution in [2.45, 2.75) is 30.5 Å². The fraction of sp³-hybridized carbons (Fsp3) is 0.280. The minimum absolute atomic E-state index is 0.190.